The van der Waals surface area contributed by atoms with E-state index in [2.05, 4.69) is 27.3 Å². The van der Waals surface area contributed by atoms with E-state index >= 15 is 0 Å². The molecule has 4 rings (SSSR count). The van der Waals surface area contributed by atoms with Crippen molar-refractivity contribution in [1.29, 1.82) is 0 Å². The molecule has 146 valence electrons. The SMILES string of the molecule is CCCc1noc([C@H](C)Sc2nnc(-c3ccccc3)c(-c3ccccc3)n2)n1. The molecule has 0 bridgehead atoms. The molecule has 0 amide bonds. The first kappa shape index (κ1) is 19.3. The van der Waals surface area contributed by atoms with Crippen LogP contribution in [-0.2, 0) is 6.42 Å². The highest BCUT2D eigenvalue weighted by molar-refractivity contribution is 7.99. The van der Waals surface area contributed by atoms with Gasteiger partial charge < -0.3 is 4.52 Å². The Morgan fingerprint density at radius 2 is 1.52 bits per heavy atom. The average molecular weight is 404 g/mol. The van der Waals surface area contributed by atoms with Gasteiger partial charge in [0.25, 0.3) is 0 Å². The van der Waals surface area contributed by atoms with Crippen molar-refractivity contribution in [3.8, 4) is 22.5 Å². The highest BCUT2D eigenvalue weighted by atomic mass is 32.2. The zero-order valence-corrected chi connectivity index (χ0v) is 17.1. The third-order valence-corrected chi connectivity index (χ3v) is 5.29. The van der Waals surface area contributed by atoms with Crippen molar-refractivity contribution < 1.29 is 4.52 Å². The van der Waals surface area contributed by atoms with E-state index in [4.69, 9.17) is 9.51 Å². The Hall–Kier alpha value is -3.06. The first-order valence-corrected chi connectivity index (χ1v) is 10.5. The number of benzene rings is 2. The molecule has 2 aromatic carbocycles. The topological polar surface area (TPSA) is 77.6 Å². The molecular formula is C22H21N5OS. The molecule has 6 nitrogen and oxygen atoms in total. The van der Waals surface area contributed by atoms with Crippen LogP contribution in [0.4, 0.5) is 0 Å². The van der Waals surface area contributed by atoms with Gasteiger partial charge >= 0.3 is 0 Å². The number of aromatic nitrogens is 5. The van der Waals surface area contributed by atoms with Crippen LogP contribution < -0.4 is 0 Å². The molecule has 0 saturated carbocycles. The summed E-state index contributed by atoms with van der Waals surface area (Å²) in [6, 6.07) is 20.0. The van der Waals surface area contributed by atoms with Crippen LogP contribution in [0.2, 0.25) is 0 Å². The molecule has 0 unspecified atom stereocenters. The maximum Gasteiger partial charge on any atom is 0.239 e. The number of rotatable bonds is 7. The van der Waals surface area contributed by atoms with E-state index in [1.54, 1.807) is 0 Å². The normalized spacial score (nSPS) is 12.1. The van der Waals surface area contributed by atoms with Gasteiger partial charge in [0.1, 0.15) is 11.4 Å². The number of hydrogen-bond acceptors (Lipinski definition) is 7. The zero-order chi connectivity index (χ0) is 20.1. The van der Waals surface area contributed by atoms with Gasteiger partial charge in [0.2, 0.25) is 11.0 Å². The second-order valence-corrected chi connectivity index (χ2v) is 7.89. The highest BCUT2D eigenvalue weighted by Crippen LogP contribution is 2.34. The van der Waals surface area contributed by atoms with Crippen LogP contribution in [0, 0.1) is 0 Å². The molecule has 0 saturated heterocycles. The lowest BCUT2D eigenvalue weighted by Gasteiger charge is -2.10. The van der Waals surface area contributed by atoms with Crippen molar-refractivity contribution in [2.24, 2.45) is 0 Å². The van der Waals surface area contributed by atoms with Gasteiger partial charge in [-0.1, -0.05) is 84.5 Å². The van der Waals surface area contributed by atoms with Crippen molar-refractivity contribution in [1.82, 2.24) is 25.3 Å². The van der Waals surface area contributed by atoms with Crippen LogP contribution in [0.1, 0.15) is 37.2 Å². The molecule has 0 spiro atoms. The van der Waals surface area contributed by atoms with Crippen molar-refractivity contribution in [3.05, 3.63) is 72.4 Å². The molecule has 0 radical (unpaired) electrons. The number of hydrogen-bond donors (Lipinski definition) is 0. The Kier molecular flexibility index (Phi) is 5.95. The minimum Gasteiger partial charge on any atom is -0.338 e. The third-order valence-electron chi connectivity index (χ3n) is 4.35. The first-order valence-electron chi connectivity index (χ1n) is 9.59. The lowest BCUT2D eigenvalue weighted by molar-refractivity contribution is 0.374. The predicted octanol–water partition coefficient (Wildman–Crippen LogP) is 5.39. The molecule has 0 aliphatic heterocycles. The summed E-state index contributed by atoms with van der Waals surface area (Å²) in [4.78, 5) is 9.29. The fourth-order valence-corrected chi connectivity index (χ4v) is 3.66. The first-order chi connectivity index (χ1) is 14.2. The van der Waals surface area contributed by atoms with Crippen LogP contribution in [0.15, 0.2) is 70.3 Å². The van der Waals surface area contributed by atoms with Crippen molar-refractivity contribution in [3.63, 3.8) is 0 Å². The summed E-state index contributed by atoms with van der Waals surface area (Å²) >= 11 is 1.46. The van der Waals surface area contributed by atoms with Crippen LogP contribution in [-0.4, -0.2) is 25.3 Å². The second kappa shape index (κ2) is 8.96. The van der Waals surface area contributed by atoms with Crippen LogP contribution in [0.3, 0.4) is 0 Å². The van der Waals surface area contributed by atoms with E-state index < -0.39 is 0 Å². The molecule has 2 heterocycles. The van der Waals surface area contributed by atoms with Crippen molar-refractivity contribution in [2.75, 3.05) is 0 Å². The lowest BCUT2D eigenvalue weighted by Crippen LogP contribution is -2.00. The Labute approximate surface area is 173 Å². The Morgan fingerprint density at radius 3 is 2.17 bits per heavy atom. The second-order valence-electron chi connectivity index (χ2n) is 6.58. The molecule has 1 atom stereocenters. The minimum atomic E-state index is -0.0684. The summed E-state index contributed by atoms with van der Waals surface area (Å²) in [5.74, 6) is 1.31. The highest BCUT2D eigenvalue weighted by Gasteiger charge is 2.19. The van der Waals surface area contributed by atoms with E-state index in [1.165, 1.54) is 11.8 Å². The molecule has 0 aliphatic carbocycles. The minimum absolute atomic E-state index is 0.0684. The summed E-state index contributed by atoms with van der Waals surface area (Å²) in [6.45, 7) is 4.09. The van der Waals surface area contributed by atoms with Gasteiger partial charge in [-0.25, -0.2) is 4.98 Å². The molecule has 29 heavy (non-hydrogen) atoms. The smallest absolute Gasteiger partial charge is 0.239 e. The predicted molar refractivity (Wildman–Crippen MR) is 113 cm³/mol. The standard InChI is InChI=1S/C22H21N5OS/c1-3-10-18-23-21(28-27-18)15(2)29-22-24-19(16-11-6-4-7-12-16)20(25-26-22)17-13-8-5-9-14-17/h4-9,11-15H,3,10H2,1-2H3/t15-/m0/s1. The largest absolute Gasteiger partial charge is 0.338 e. The summed E-state index contributed by atoms with van der Waals surface area (Å²) in [5, 5.41) is 13.4. The molecular weight excluding hydrogens is 382 g/mol. The van der Waals surface area contributed by atoms with Gasteiger partial charge in [-0.2, -0.15) is 4.98 Å². The number of aryl methyl sites for hydroxylation is 1. The van der Waals surface area contributed by atoms with Crippen molar-refractivity contribution in [2.45, 2.75) is 37.1 Å². The summed E-state index contributed by atoms with van der Waals surface area (Å²) < 4.78 is 5.40. The Balaban J connectivity index is 1.66. The van der Waals surface area contributed by atoms with Gasteiger partial charge in [0, 0.05) is 17.5 Å². The van der Waals surface area contributed by atoms with E-state index in [0.717, 1.165) is 41.2 Å². The fourth-order valence-electron chi connectivity index (χ4n) is 2.92. The molecule has 2 aromatic heterocycles. The molecule has 0 aliphatic rings. The molecule has 7 heteroatoms. The number of nitrogens with zero attached hydrogens (tertiary/aromatic N) is 5. The van der Waals surface area contributed by atoms with Crippen molar-refractivity contribution >= 4 is 11.8 Å². The van der Waals surface area contributed by atoms with E-state index in [-0.39, 0.29) is 5.25 Å². The van der Waals surface area contributed by atoms with E-state index in [9.17, 15) is 0 Å². The van der Waals surface area contributed by atoms with Gasteiger partial charge in [-0.15, -0.1) is 10.2 Å². The number of thioether (sulfide) groups is 1. The van der Waals surface area contributed by atoms with E-state index in [0.29, 0.717) is 11.0 Å². The van der Waals surface area contributed by atoms with Gasteiger partial charge in [0.15, 0.2) is 5.82 Å². The molecule has 4 aromatic rings. The van der Waals surface area contributed by atoms with Crippen LogP contribution >= 0.6 is 11.8 Å². The Bertz CT molecular complexity index is 1070. The van der Waals surface area contributed by atoms with Gasteiger partial charge in [-0.3, -0.25) is 0 Å². The molecule has 0 fully saturated rings. The summed E-state index contributed by atoms with van der Waals surface area (Å²) in [6.07, 6.45) is 1.79. The van der Waals surface area contributed by atoms with Gasteiger partial charge in [-0.05, 0) is 13.3 Å². The van der Waals surface area contributed by atoms with Crippen LogP contribution in [0.5, 0.6) is 0 Å². The summed E-state index contributed by atoms with van der Waals surface area (Å²) in [7, 11) is 0. The quantitative estimate of drug-likeness (QED) is 0.383. The maximum absolute atomic E-state index is 5.40. The third kappa shape index (κ3) is 4.51. The lowest BCUT2D eigenvalue weighted by atomic mass is 10.0. The van der Waals surface area contributed by atoms with Gasteiger partial charge in [0.05, 0.1) is 5.25 Å². The summed E-state index contributed by atoms with van der Waals surface area (Å²) in [5.41, 5.74) is 3.55. The molecule has 0 N–H and O–H groups in total. The Morgan fingerprint density at radius 1 is 0.862 bits per heavy atom. The maximum atomic E-state index is 5.40. The fraction of sp³-hybridized carbons (Fsp3) is 0.227. The monoisotopic (exact) mass is 403 g/mol. The zero-order valence-electron chi connectivity index (χ0n) is 16.3. The van der Waals surface area contributed by atoms with E-state index in [1.807, 2.05) is 67.6 Å². The average Bonchev–Trinajstić information content (AvgIpc) is 3.24. The van der Waals surface area contributed by atoms with Crippen LogP contribution in [0.25, 0.3) is 22.5 Å².